The molecule has 0 bridgehead atoms. The summed E-state index contributed by atoms with van der Waals surface area (Å²) in [4.78, 5) is 17.4. The second-order valence-electron chi connectivity index (χ2n) is 8.04. The molecule has 4 aromatic rings. The fourth-order valence-corrected chi connectivity index (χ4v) is 5.11. The average Bonchev–Trinajstić information content (AvgIpc) is 3.50. The van der Waals surface area contributed by atoms with Crippen LogP contribution < -0.4 is 4.74 Å². The molecule has 1 aliphatic carbocycles. The van der Waals surface area contributed by atoms with Gasteiger partial charge in [0.25, 0.3) is 0 Å². The molecule has 2 heterocycles. The minimum atomic E-state index is -0.309. The van der Waals surface area contributed by atoms with E-state index in [1.54, 1.807) is 19.5 Å². The Hall–Kier alpha value is -3.45. The SMILES string of the molecule is COc1ccc(-n2c(SC(C)C(=O)c3ccc4c(c3)CCC4)nnc2-c2ccncc2)cc1. The van der Waals surface area contributed by atoms with Crippen LogP contribution in [0, 0.1) is 0 Å². The summed E-state index contributed by atoms with van der Waals surface area (Å²) >= 11 is 1.42. The van der Waals surface area contributed by atoms with Gasteiger partial charge in [-0.1, -0.05) is 23.9 Å². The highest BCUT2D eigenvalue weighted by Crippen LogP contribution is 2.32. The lowest BCUT2D eigenvalue weighted by Gasteiger charge is -2.14. The lowest BCUT2D eigenvalue weighted by molar-refractivity contribution is 0.0993. The highest BCUT2D eigenvalue weighted by atomic mass is 32.2. The van der Waals surface area contributed by atoms with E-state index in [4.69, 9.17) is 4.74 Å². The molecule has 0 amide bonds. The van der Waals surface area contributed by atoms with Crippen LogP contribution in [0.4, 0.5) is 0 Å². The van der Waals surface area contributed by atoms with E-state index < -0.39 is 0 Å². The molecule has 0 N–H and O–H groups in total. The Kier molecular flexibility index (Phi) is 5.96. The van der Waals surface area contributed by atoms with Crippen LogP contribution >= 0.6 is 11.8 Å². The van der Waals surface area contributed by atoms with Crippen LogP contribution in [0.15, 0.2) is 72.1 Å². The Morgan fingerprint density at radius 2 is 1.76 bits per heavy atom. The molecule has 5 rings (SSSR count). The van der Waals surface area contributed by atoms with Crippen LogP contribution in [0.25, 0.3) is 17.1 Å². The maximum Gasteiger partial charge on any atom is 0.196 e. The number of hydrogen-bond acceptors (Lipinski definition) is 6. The second kappa shape index (κ2) is 9.19. The fraction of sp³-hybridized carbons (Fsp3) is 0.231. The van der Waals surface area contributed by atoms with Gasteiger partial charge < -0.3 is 4.74 Å². The van der Waals surface area contributed by atoms with E-state index in [-0.39, 0.29) is 11.0 Å². The number of carbonyl (C=O) groups excluding carboxylic acids is 1. The van der Waals surface area contributed by atoms with Gasteiger partial charge in [0.05, 0.1) is 12.4 Å². The number of thioether (sulfide) groups is 1. The van der Waals surface area contributed by atoms with E-state index in [0.29, 0.717) is 11.0 Å². The number of aromatic nitrogens is 4. The van der Waals surface area contributed by atoms with Crippen LogP contribution in [-0.2, 0) is 12.8 Å². The molecule has 7 heteroatoms. The normalized spacial score (nSPS) is 13.5. The summed E-state index contributed by atoms with van der Waals surface area (Å²) in [5, 5.41) is 9.27. The Balaban J connectivity index is 1.48. The van der Waals surface area contributed by atoms with Crippen molar-refractivity contribution in [2.75, 3.05) is 7.11 Å². The van der Waals surface area contributed by atoms with Gasteiger partial charge in [0.15, 0.2) is 16.8 Å². The summed E-state index contributed by atoms with van der Waals surface area (Å²) in [6, 6.07) is 17.7. The number of hydrogen-bond donors (Lipinski definition) is 0. The Labute approximate surface area is 197 Å². The highest BCUT2D eigenvalue weighted by molar-refractivity contribution is 8.00. The van der Waals surface area contributed by atoms with E-state index in [1.807, 2.05) is 54.0 Å². The number of rotatable bonds is 7. The van der Waals surface area contributed by atoms with Crippen LogP contribution in [0.1, 0.15) is 34.8 Å². The summed E-state index contributed by atoms with van der Waals surface area (Å²) in [5.41, 5.74) is 5.23. The quantitative estimate of drug-likeness (QED) is 0.282. The molecule has 0 radical (unpaired) electrons. The van der Waals surface area contributed by atoms with Crippen molar-refractivity contribution in [3.63, 3.8) is 0 Å². The predicted octanol–water partition coefficient (Wildman–Crippen LogP) is 5.19. The van der Waals surface area contributed by atoms with Gasteiger partial charge in [-0.3, -0.25) is 14.3 Å². The zero-order valence-electron chi connectivity index (χ0n) is 18.6. The highest BCUT2D eigenvalue weighted by Gasteiger charge is 2.24. The van der Waals surface area contributed by atoms with Crippen LogP contribution in [0.2, 0.25) is 0 Å². The molecule has 1 atom stereocenters. The smallest absolute Gasteiger partial charge is 0.196 e. The minimum Gasteiger partial charge on any atom is -0.497 e. The zero-order valence-corrected chi connectivity index (χ0v) is 19.4. The van der Waals surface area contributed by atoms with Crippen molar-refractivity contribution < 1.29 is 9.53 Å². The van der Waals surface area contributed by atoms with Gasteiger partial charge >= 0.3 is 0 Å². The number of benzene rings is 2. The first-order valence-electron chi connectivity index (χ1n) is 11.0. The summed E-state index contributed by atoms with van der Waals surface area (Å²) < 4.78 is 7.29. The monoisotopic (exact) mass is 456 g/mol. The van der Waals surface area contributed by atoms with Crippen LogP contribution in [0.5, 0.6) is 5.75 Å². The van der Waals surface area contributed by atoms with Gasteiger partial charge in [-0.2, -0.15) is 0 Å². The number of aryl methyl sites for hydroxylation is 2. The first-order valence-corrected chi connectivity index (χ1v) is 11.8. The van der Waals surface area contributed by atoms with Gasteiger partial charge in [-0.25, -0.2) is 0 Å². The van der Waals surface area contributed by atoms with Crippen molar-refractivity contribution in [3.8, 4) is 22.8 Å². The number of methoxy groups -OCH3 is 1. The third-order valence-electron chi connectivity index (χ3n) is 5.94. The summed E-state index contributed by atoms with van der Waals surface area (Å²) in [6.45, 7) is 1.93. The average molecular weight is 457 g/mol. The number of carbonyl (C=O) groups is 1. The molecule has 0 aliphatic heterocycles. The van der Waals surface area contributed by atoms with Gasteiger partial charge in [0.2, 0.25) is 0 Å². The standard InChI is InChI=1S/C26H24N4O2S/c1-17(24(31)21-7-6-18-4-3-5-20(18)16-21)33-26-29-28-25(19-12-14-27-15-13-19)30(26)22-8-10-23(32-2)11-9-22/h6-17H,3-5H2,1-2H3. The summed E-state index contributed by atoms with van der Waals surface area (Å²) in [5.74, 6) is 1.57. The first kappa shape index (κ1) is 21.4. The molecular weight excluding hydrogens is 432 g/mol. The predicted molar refractivity (Wildman–Crippen MR) is 129 cm³/mol. The molecule has 2 aromatic heterocycles. The van der Waals surface area contributed by atoms with E-state index in [1.165, 1.54) is 29.3 Å². The van der Waals surface area contributed by atoms with Gasteiger partial charge in [0, 0.05) is 29.2 Å². The Morgan fingerprint density at radius 1 is 1.00 bits per heavy atom. The van der Waals surface area contributed by atoms with Gasteiger partial charge in [-0.15, -0.1) is 10.2 Å². The van der Waals surface area contributed by atoms with Crippen LogP contribution in [0.3, 0.4) is 0 Å². The van der Waals surface area contributed by atoms with Gasteiger partial charge in [-0.05, 0) is 79.8 Å². The molecule has 0 fully saturated rings. The third kappa shape index (κ3) is 4.28. The number of nitrogens with zero attached hydrogens (tertiary/aromatic N) is 4. The number of Topliss-reactive ketones (excluding diaryl/α,β-unsaturated/α-hetero) is 1. The fourth-order valence-electron chi connectivity index (χ4n) is 4.17. The Bertz CT molecular complexity index is 1290. The number of ketones is 1. The molecule has 6 nitrogen and oxygen atoms in total. The molecule has 2 aromatic carbocycles. The second-order valence-corrected chi connectivity index (χ2v) is 9.34. The zero-order chi connectivity index (χ0) is 22.8. The molecular formula is C26H24N4O2S. The van der Waals surface area contributed by atoms with E-state index in [0.717, 1.165) is 35.4 Å². The molecule has 1 unspecified atom stereocenters. The minimum absolute atomic E-state index is 0.101. The van der Waals surface area contributed by atoms with Crippen molar-refractivity contribution in [3.05, 3.63) is 83.7 Å². The van der Waals surface area contributed by atoms with Crippen LogP contribution in [-0.4, -0.2) is 37.9 Å². The molecule has 1 aliphatic rings. The van der Waals surface area contributed by atoms with Crippen molar-refractivity contribution in [1.82, 2.24) is 19.7 Å². The largest absolute Gasteiger partial charge is 0.497 e. The molecule has 0 spiro atoms. The van der Waals surface area contributed by atoms with E-state index in [9.17, 15) is 4.79 Å². The van der Waals surface area contributed by atoms with E-state index in [2.05, 4.69) is 27.3 Å². The van der Waals surface area contributed by atoms with Crippen molar-refractivity contribution in [1.29, 1.82) is 0 Å². The molecule has 166 valence electrons. The first-order chi connectivity index (χ1) is 16.1. The number of ether oxygens (including phenoxy) is 1. The van der Waals surface area contributed by atoms with Crippen molar-refractivity contribution in [2.24, 2.45) is 0 Å². The number of pyridine rings is 1. The lowest BCUT2D eigenvalue weighted by Crippen LogP contribution is -2.15. The van der Waals surface area contributed by atoms with Crippen molar-refractivity contribution in [2.45, 2.75) is 36.6 Å². The maximum absolute atomic E-state index is 13.3. The maximum atomic E-state index is 13.3. The van der Waals surface area contributed by atoms with E-state index >= 15 is 0 Å². The lowest BCUT2D eigenvalue weighted by atomic mass is 10.0. The summed E-state index contributed by atoms with van der Waals surface area (Å²) in [6.07, 6.45) is 6.79. The van der Waals surface area contributed by atoms with Crippen molar-refractivity contribution >= 4 is 17.5 Å². The Morgan fingerprint density at radius 3 is 2.52 bits per heavy atom. The molecule has 0 saturated carbocycles. The van der Waals surface area contributed by atoms with Gasteiger partial charge in [0.1, 0.15) is 5.75 Å². The topological polar surface area (TPSA) is 69.9 Å². The third-order valence-corrected chi connectivity index (χ3v) is 6.98. The summed E-state index contributed by atoms with van der Waals surface area (Å²) in [7, 11) is 1.64. The molecule has 0 saturated heterocycles. The molecule has 33 heavy (non-hydrogen) atoms. The number of fused-ring (bicyclic) bond motifs is 1.